The van der Waals surface area contributed by atoms with E-state index in [4.69, 9.17) is 5.73 Å². The molecule has 1 saturated carbocycles. The predicted molar refractivity (Wildman–Crippen MR) is 77.3 cm³/mol. The molecule has 0 aromatic carbocycles. The first-order valence-electron chi connectivity index (χ1n) is 7.43. The van der Waals surface area contributed by atoms with Crippen LogP contribution in [0, 0.1) is 0 Å². The SMILES string of the molecule is CCC(CCCCC(NC)C(N)=O)(NC1CC1)C(=O)O. The van der Waals surface area contributed by atoms with Gasteiger partial charge in [-0.2, -0.15) is 0 Å². The molecule has 5 N–H and O–H groups in total. The first-order valence-corrected chi connectivity index (χ1v) is 7.43. The number of unbranched alkanes of at least 4 members (excludes halogenated alkanes) is 1. The van der Waals surface area contributed by atoms with Crippen LogP contribution < -0.4 is 16.4 Å². The number of likely N-dealkylation sites (N-methyl/N-ethyl adjacent to an activating group) is 1. The second-order valence-corrected chi connectivity index (χ2v) is 5.65. The van der Waals surface area contributed by atoms with Gasteiger partial charge in [0.05, 0.1) is 6.04 Å². The summed E-state index contributed by atoms with van der Waals surface area (Å²) in [6.07, 6.45) is 5.50. The number of hydrogen-bond acceptors (Lipinski definition) is 4. The molecule has 0 aliphatic heterocycles. The van der Waals surface area contributed by atoms with Crippen molar-refractivity contribution in [1.29, 1.82) is 0 Å². The molecular formula is C14H27N3O3. The molecule has 0 aromatic rings. The molecule has 6 heteroatoms. The minimum atomic E-state index is -0.816. The van der Waals surface area contributed by atoms with Crippen molar-refractivity contribution in [3.05, 3.63) is 0 Å². The van der Waals surface area contributed by atoms with Crippen molar-refractivity contribution in [1.82, 2.24) is 10.6 Å². The van der Waals surface area contributed by atoms with Crippen molar-refractivity contribution in [2.24, 2.45) is 5.73 Å². The number of nitrogens with one attached hydrogen (secondary N) is 2. The number of nitrogens with two attached hydrogens (primary N) is 1. The third-order valence-corrected chi connectivity index (χ3v) is 4.11. The minimum absolute atomic E-state index is 0.327. The van der Waals surface area contributed by atoms with Crippen LogP contribution in [0.4, 0.5) is 0 Å². The molecule has 2 atom stereocenters. The number of carboxylic acid groups (broad SMARTS) is 1. The van der Waals surface area contributed by atoms with E-state index >= 15 is 0 Å². The van der Waals surface area contributed by atoms with Gasteiger partial charge < -0.3 is 16.2 Å². The first kappa shape index (κ1) is 16.9. The third-order valence-electron chi connectivity index (χ3n) is 4.11. The zero-order valence-electron chi connectivity index (χ0n) is 12.4. The molecule has 1 fully saturated rings. The van der Waals surface area contributed by atoms with Crippen LogP contribution in [0.1, 0.15) is 51.9 Å². The molecular weight excluding hydrogens is 258 g/mol. The molecule has 0 spiro atoms. The smallest absolute Gasteiger partial charge is 0.323 e. The highest BCUT2D eigenvalue weighted by molar-refractivity contribution is 5.79. The lowest BCUT2D eigenvalue weighted by atomic mass is 9.88. The number of carboxylic acids is 1. The minimum Gasteiger partial charge on any atom is -0.480 e. The van der Waals surface area contributed by atoms with Crippen molar-refractivity contribution < 1.29 is 14.7 Å². The summed E-state index contributed by atoms with van der Waals surface area (Å²) >= 11 is 0. The quantitative estimate of drug-likeness (QED) is 0.416. The van der Waals surface area contributed by atoms with Gasteiger partial charge in [-0.1, -0.05) is 19.8 Å². The molecule has 0 aromatic heterocycles. The molecule has 116 valence electrons. The maximum Gasteiger partial charge on any atom is 0.323 e. The summed E-state index contributed by atoms with van der Waals surface area (Å²) in [7, 11) is 1.71. The monoisotopic (exact) mass is 285 g/mol. The number of carbonyl (C=O) groups excluding carboxylic acids is 1. The lowest BCUT2D eigenvalue weighted by molar-refractivity contribution is -0.145. The fourth-order valence-electron chi connectivity index (χ4n) is 2.49. The van der Waals surface area contributed by atoms with E-state index < -0.39 is 11.5 Å². The predicted octanol–water partition coefficient (Wildman–Crippen LogP) is 0.606. The Labute approximate surface area is 120 Å². The van der Waals surface area contributed by atoms with Crippen molar-refractivity contribution in [2.45, 2.75) is 69.5 Å². The Bertz CT molecular complexity index is 345. The van der Waals surface area contributed by atoms with Crippen LogP contribution in [0.25, 0.3) is 0 Å². The fraction of sp³-hybridized carbons (Fsp3) is 0.857. The Morgan fingerprint density at radius 2 is 2.05 bits per heavy atom. The Morgan fingerprint density at radius 3 is 2.45 bits per heavy atom. The van der Waals surface area contributed by atoms with E-state index in [0.29, 0.717) is 25.3 Å². The van der Waals surface area contributed by atoms with E-state index in [1.807, 2.05) is 6.92 Å². The summed E-state index contributed by atoms with van der Waals surface area (Å²) in [5, 5.41) is 15.6. The van der Waals surface area contributed by atoms with Gasteiger partial charge in [-0.15, -0.1) is 0 Å². The molecule has 1 aliphatic carbocycles. The van der Waals surface area contributed by atoms with Gasteiger partial charge in [0, 0.05) is 6.04 Å². The summed E-state index contributed by atoms with van der Waals surface area (Å²) in [6.45, 7) is 1.91. The Balaban J connectivity index is 2.42. The van der Waals surface area contributed by atoms with E-state index in [1.54, 1.807) is 7.05 Å². The van der Waals surface area contributed by atoms with Crippen LogP contribution in [0.3, 0.4) is 0 Å². The van der Waals surface area contributed by atoms with Crippen molar-refractivity contribution >= 4 is 11.9 Å². The molecule has 0 radical (unpaired) electrons. The number of hydrogen-bond donors (Lipinski definition) is 4. The van der Waals surface area contributed by atoms with E-state index in [1.165, 1.54) is 0 Å². The normalized spacial score (nSPS) is 19.3. The van der Waals surface area contributed by atoms with Crippen LogP contribution >= 0.6 is 0 Å². The highest BCUT2D eigenvalue weighted by atomic mass is 16.4. The Morgan fingerprint density at radius 1 is 1.40 bits per heavy atom. The zero-order valence-corrected chi connectivity index (χ0v) is 12.4. The molecule has 0 bridgehead atoms. The largest absolute Gasteiger partial charge is 0.480 e. The van der Waals surface area contributed by atoms with E-state index in [-0.39, 0.29) is 11.9 Å². The summed E-state index contributed by atoms with van der Waals surface area (Å²) in [6, 6.07) is 0.0361. The van der Waals surface area contributed by atoms with Gasteiger partial charge in [-0.3, -0.25) is 14.9 Å². The number of primary amides is 1. The van der Waals surface area contributed by atoms with Gasteiger partial charge in [0.1, 0.15) is 5.54 Å². The average Bonchev–Trinajstić information content (AvgIpc) is 3.20. The highest BCUT2D eigenvalue weighted by Crippen LogP contribution is 2.28. The number of rotatable bonds is 11. The summed E-state index contributed by atoms with van der Waals surface area (Å²) in [4.78, 5) is 22.7. The molecule has 0 heterocycles. The lowest BCUT2D eigenvalue weighted by Gasteiger charge is -2.30. The number of aliphatic carboxylic acids is 1. The van der Waals surface area contributed by atoms with Gasteiger partial charge in [0.25, 0.3) is 0 Å². The van der Waals surface area contributed by atoms with Gasteiger partial charge >= 0.3 is 5.97 Å². The second kappa shape index (κ2) is 7.59. The van der Waals surface area contributed by atoms with Crippen LogP contribution in [-0.4, -0.2) is 41.7 Å². The first-order chi connectivity index (χ1) is 9.45. The topological polar surface area (TPSA) is 104 Å². The Hall–Kier alpha value is -1.14. The Kier molecular flexibility index (Phi) is 6.42. The molecule has 0 saturated heterocycles. The molecule has 6 nitrogen and oxygen atoms in total. The van der Waals surface area contributed by atoms with E-state index in [2.05, 4.69) is 10.6 Å². The number of carbonyl (C=O) groups is 2. The summed E-state index contributed by atoms with van der Waals surface area (Å²) in [5.74, 6) is -1.13. The third kappa shape index (κ3) is 4.76. The van der Waals surface area contributed by atoms with Crippen molar-refractivity contribution in [3.8, 4) is 0 Å². The highest BCUT2D eigenvalue weighted by Gasteiger charge is 2.40. The molecule has 20 heavy (non-hydrogen) atoms. The van der Waals surface area contributed by atoms with E-state index in [9.17, 15) is 14.7 Å². The van der Waals surface area contributed by atoms with Crippen molar-refractivity contribution in [2.75, 3.05) is 7.05 Å². The van der Waals surface area contributed by atoms with Crippen LogP contribution in [0.5, 0.6) is 0 Å². The van der Waals surface area contributed by atoms with Gasteiger partial charge in [0.2, 0.25) is 5.91 Å². The average molecular weight is 285 g/mol. The molecule has 2 unspecified atom stereocenters. The van der Waals surface area contributed by atoms with Crippen LogP contribution in [-0.2, 0) is 9.59 Å². The fourth-order valence-corrected chi connectivity index (χ4v) is 2.49. The molecule has 1 amide bonds. The van der Waals surface area contributed by atoms with Crippen LogP contribution in [0.2, 0.25) is 0 Å². The van der Waals surface area contributed by atoms with Gasteiger partial charge in [-0.05, 0) is 39.2 Å². The van der Waals surface area contributed by atoms with E-state index in [0.717, 1.165) is 25.7 Å². The summed E-state index contributed by atoms with van der Waals surface area (Å²) < 4.78 is 0. The van der Waals surface area contributed by atoms with Crippen LogP contribution in [0.15, 0.2) is 0 Å². The molecule has 1 aliphatic rings. The zero-order chi connectivity index (χ0) is 15.2. The van der Waals surface area contributed by atoms with Gasteiger partial charge in [-0.25, -0.2) is 0 Å². The van der Waals surface area contributed by atoms with Crippen molar-refractivity contribution in [3.63, 3.8) is 0 Å². The molecule has 1 rings (SSSR count). The second-order valence-electron chi connectivity index (χ2n) is 5.65. The number of amides is 1. The lowest BCUT2D eigenvalue weighted by Crippen LogP contribution is -2.52. The standard InChI is InChI=1S/C14H27N3O3/c1-3-14(13(19)20,17-10-7-8-10)9-5-4-6-11(16-2)12(15)18/h10-11,16-17H,3-9H2,1-2H3,(H2,15,18)(H,19,20). The summed E-state index contributed by atoms with van der Waals surface area (Å²) in [5.41, 5.74) is 4.44. The maximum absolute atomic E-state index is 11.6. The maximum atomic E-state index is 11.6. The van der Waals surface area contributed by atoms with Gasteiger partial charge in [0.15, 0.2) is 0 Å².